The number of ether oxygens (including phenoxy) is 2. The number of aromatic nitrogens is 1. The van der Waals surface area contributed by atoms with Crippen LogP contribution in [0.5, 0.6) is 5.75 Å². The Hall–Kier alpha value is -3.81. The number of carbonyl (C=O) groups excluding carboxylic acids is 2. The van der Waals surface area contributed by atoms with Crippen molar-refractivity contribution in [3.05, 3.63) is 66.4 Å². The largest absolute Gasteiger partial charge is 0.482 e. The lowest BCUT2D eigenvalue weighted by Crippen LogP contribution is -2.23. The normalized spacial score (nSPS) is 10.2. The average Bonchev–Trinajstić information content (AvgIpc) is 3.11. The molecule has 2 aromatic carbocycles. The third kappa shape index (κ3) is 5.87. The summed E-state index contributed by atoms with van der Waals surface area (Å²) in [5.74, 6) is 0.165. The van der Waals surface area contributed by atoms with Gasteiger partial charge in [-0.1, -0.05) is 23.4 Å². The van der Waals surface area contributed by atoms with Gasteiger partial charge in [0.15, 0.2) is 19.0 Å². The molecule has 3 rings (SSSR count). The maximum atomic E-state index is 11.7. The summed E-state index contributed by atoms with van der Waals surface area (Å²) >= 11 is 0. The standard InChI is InChI=1S/C20H19N3O5/c1-14-11-18(23-28-14)22-19(24)12-27-20(25)13-26-17-9-7-16(8-10-17)21-15-5-3-2-4-6-15/h2-11,21H,12-13H2,1H3,(H,22,23,24). The van der Waals surface area contributed by atoms with Gasteiger partial charge in [0.1, 0.15) is 11.5 Å². The molecule has 0 aliphatic heterocycles. The second-order valence-corrected chi connectivity index (χ2v) is 5.84. The molecule has 3 aromatic rings. The van der Waals surface area contributed by atoms with E-state index in [2.05, 4.69) is 15.8 Å². The Labute approximate surface area is 161 Å². The van der Waals surface area contributed by atoms with Gasteiger partial charge in [-0.15, -0.1) is 0 Å². The Balaban J connectivity index is 1.38. The number of para-hydroxylation sites is 1. The van der Waals surface area contributed by atoms with Crippen molar-refractivity contribution < 1.29 is 23.6 Å². The molecule has 8 heteroatoms. The second-order valence-electron chi connectivity index (χ2n) is 5.84. The van der Waals surface area contributed by atoms with Crippen LogP contribution in [-0.2, 0) is 14.3 Å². The van der Waals surface area contributed by atoms with Gasteiger partial charge >= 0.3 is 5.97 Å². The van der Waals surface area contributed by atoms with Crippen LogP contribution in [0.25, 0.3) is 0 Å². The molecule has 0 aliphatic carbocycles. The zero-order valence-electron chi connectivity index (χ0n) is 15.2. The molecule has 8 nitrogen and oxygen atoms in total. The summed E-state index contributed by atoms with van der Waals surface area (Å²) < 4.78 is 15.0. The van der Waals surface area contributed by atoms with Gasteiger partial charge in [0.25, 0.3) is 5.91 Å². The molecule has 28 heavy (non-hydrogen) atoms. The van der Waals surface area contributed by atoms with Crippen LogP contribution in [0.3, 0.4) is 0 Å². The van der Waals surface area contributed by atoms with Crippen molar-refractivity contribution in [2.24, 2.45) is 0 Å². The lowest BCUT2D eigenvalue weighted by Gasteiger charge is -2.09. The molecular formula is C20H19N3O5. The van der Waals surface area contributed by atoms with E-state index in [1.54, 1.807) is 25.1 Å². The van der Waals surface area contributed by atoms with Crippen LogP contribution in [0, 0.1) is 6.92 Å². The van der Waals surface area contributed by atoms with E-state index in [0.29, 0.717) is 11.5 Å². The third-order valence-corrected chi connectivity index (χ3v) is 3.53. The first-order valence-electron chi connectivity index (χ1n) is 8.52. The summed E-state index contributed by atoms with van der Waals surface area (Å²) in [6.45, 7) is 0.958. The zero-order valence-corrected chi connectivity index (χ0v) is 15.2. The van der Waals surface area contributed by atoms with Crippen molar-refractivity contribution in [3.8, 4) is 5.75 Å². The molecule has 0 saturated heterocycles. The predicted molar refractivity (Wildman–Crippen MR) is 102 cm³/mol. The molecule has 0 fully saturated rings. The number of amides is 1. The maximum absolute atomic E-state index is 11.7. The molecule has 144 valence electrons. The lowest BCUT2D eigenvalue weighted by atomic mass is 10.2. The first kappa shape index (κ1) is 19.0. The fraction of sp³-hybridized carbons (Fsp3) is 0.150. The fourth-order valence-corrected chi connectivity index (χ4v) is 2.26. The van der Waals surface area contributed by atoms with Gasteiger partial charge in [-0.3, -0.25) is 4.79 Å². The number of rotatable bonds is 8. The first-order valence-corrected chi connectivity index (χ1v) is 8.52. The number of hydrogen-bond donors (Lipinski definition) is 2. The van der Waals surface area contributed by atoms with Gasteiger partial charge in [-0.05, 0) is 43.3 Å². The Morgan fingerprint density at radius 1 is 1.00 bits per heavy atom. The number of nitrogens with zero attached hydrogens (tertiary/aromatic N) is 1. The number of nitrogens with one attached hydrogen (secondary N) is 2. The van der Waals surface area contributed by atoms with E-state index in [0.717, 1.165) is 11.4 Å². The summed E-state index contributed by atoms with van der Waals surface area (Å²) in [6.07, 6.45) is 0. The van der Waals surface area contributed by atoms with Crippen LogP contribution in [0.15, 0.2) is 65.2 Å². The summed E-state index contributed by atoms with van der Waals surface area (Å²) in [6, 6.07) is 18.4. The Morgan fingerprint density at radius 3 is 2.39 bits per heavy atom. The molecule has 1 heterocycles. The minimum Gasteiger partial charge on any atom is -0.482 e. The number of aryl methyl sites for hydroxylation is 1. The van der Waals surface area contributed by atoms with Crippen molar-refractivity contribution in [3.63, 3.8) is 0 Å². The van der Waals surface area contributed by atoms with Gasteiger partial charge < -0.3 is 24.6 Å². The van der Waals surface area contributed by atoms with E-state index in [-0.39, 0.29) is 12.4 Å². The summed E-state index contributed by atoms with van der Waals surface area (Å²) in [5.41, 5.74) is 1.86. The number of benzene rings is 2. The molecular weight excluding hydrogens is 362 g/mol. The van der Waals surface area contributed by atoms with Gasteiger partial charge in [0.05, 0.1) is 0 Å². The highest BCUT2D eigenvalue weighted by Crippen LogP contribution is 2.19. The monoisotopic (exact) mass is 381 g/mol. The van der Waals surface area contributed by atoms with Crippen molar-refractivity contribution in [1.29, 1.82) is 0 Å². The number of hydrogen-bond acceptors (Lipinski definition) is 7. The van der Waals surface area contributed by atoms with Crippen molar-refractivity contribution in [2.75, 3.05) is 23.8 Å². The molecule has 2 N–H and O–H groups in total. The van der Waals surface area contributed by atoms with Gasteiger partial charge in [0, 0.05) is 17.4 Å². The molecule has 0 atom stereocenters. The number of carbonyl (C=O) groups is 2. The van der Waals surface area contributed by atoms with Gasteiger partial charge in [-0.2, -0.15) is 0 Å². The maximum Gasteiger partial charge on any atom is 0.344 e. The Kier molecular flexibility index (Phi) is 6.25. The summed E-state index contributed by atoms with van der Waals surface area (Å²) in [5, 5.41) is 9.31. The topological polar surface area (TPSA) is 103 Å². The summed E-state index contributed by atoms with van der Waals surface area (Å²) in [4.78, 5) is 23.4. The van der Waals surface area contributed by atoms with E-state index in [9.17, 15) is 9.59 Å². The highest BCUT2D eigenvalue weighted by atomic mass is 16.6. The predicted octanol–water partition coefficient (Wildman–Crippen LogP) is 3.29. The zero-order chi connectivity index (χ0) is 19.8. The van der Waals surface area contributed by atoms with Crippen LogP contribution in [0.1, 0.15) is 5.76 Å². The van der Waals surface area contributed by atoms with Crippen LogP contribution >= 0.6 is 0 Å². The smallest absolute Gasteiger partial charge is 0.344 e. The second kappa shape index (κ2) is 9.22. The third-order valence-electron chi connectivity index (χ3n) is 3.53. The molecule has 0 radical (unpaired) electrons. The van der Waals surface area contributed by atoms with Gasteiger partial charge in [-0.25, -0.2) is 4.79 Å². The molecule has 0 bridgehead atoms. The van der Waals surface area contributed by atoms with Crippen molar-refractivity contribution in [1.82, 2.24) is 5.16 Å². The quantitative estimate of drug-likeness (QED) is 0.577. The van der Waals surface area contributed by atoms with Crippen LogP contribution in [0.4, 0.5) is 17.2 Å². The Bertz CT molecular complexity index is 923. The van der Waals surface area contributed by atoms with E-state index in [1.807, 2.05) is 42.5 Å². The van der Waals surface area contributed by atoms with Gasteiger partial charge in [0.2, 0.25) is 0 Å². The first-order chi connectivity index (χ1) is 13.6. The Morgan fingerprint density at radius 2 is 1.71 bits per heavy atom. The summed E-state index contributed by atoms with van der Waals surface area (Å²) in [7, 11) is 0. The van der Waals surface area contributed by atoms with Crippen molar-refractivity contribution in [2.45, 2.75) is 6.92 Å². The molecule has 0 unspecified atom stereocenters. The van der Waals surface area contributed by atoms with Crippen LogP contribution in [-0.4, -0.2) is 30.2 Å². The van der Waals surface area contributed by atoms with E-state index < -0.39 is 18.5 Å². The minimum absolute atomic E-state index is 0.263. The van der Waals surface area contributed by atoms with Crippen LogP contribution < -0.4 is 15.4 Å². The molecule has 1 amide bonds. The van der Waals surface area contributed by atoms with Crippen molar-refractivity contribution >= 4 is 29.1 Å². The fourth-order valence-electron chi connectivity index (χ4n) is 2.26. The SMILES string of the molecule is Cc1cc(NC(=O)COC(=O)COc2ccc(Nc3ccccc3)cc2)no1. The molecule has 0 saturated carbocycles. The lowest BCUT2D eigenvalue weighted by molar-refractivity contribution is -0.149. The van der Waals surface area contributed by atoms with E-state index >= 15 is 0 Å². The highest BCUT2D eigenvalue weighted by molar-refractivity contribution is 5.92. The highest BCUT2D eigenvalue weighted by Gasteiger charge is 2.10. The van der Waals surface area contributed by atoms with E-state index in [1.165, 1.54) is 0 Å². The number of anilines is 3. The number of esters is 1. The molecule has 0 spiro atoms. The average molecular weight is 381 g/mol. The van der Waals surface area contributed by atoms with Crippen LogP contribution in [0.2, 0.25) is 0 Å². The molecule has 1 aromatic heterocycles. The molecule has 0 aliphatic rings. The van der Waals surface area contributed by atoms with E-state index in [4.69, 9.17) is 14.0 Å². The minimum atomic E-state index is -0.655.